The number of thiophene rings is 1. The molecule has 0 amide bonds. The molecule has 0 saturated carbocycles. The maximum Gasteiger partial charge on any atom is 0.235 e. The Morgan fingerprint density at radius 1 is 0.471 bits per heavy atom. The molecule has 318 valence electrons. The van der Waals surface area contributed by atoms with Gasteiger partial charge >= 0.3 is 0 Å². The molecule has 5 heteroatoms. The number of nitrogens with zero attached hydrogens (tertiary/aromatic N) is 4. The lowest BCUT2D eigenvalue weighted by molar-refractivity contribution is 0.987. The van der Waals surface area contributed by atoms with E-state index in [1.165, 1.54) is 53.6 Å². The first-order valence-electron chi connectivity index (χ1n) is 23.1. The van der Waals surface area contributed by atoms with Gasteiger partial charge in [0.1, 0.15) is 0 Å². The number of fused-ring (bicyclic) bond motifs is 14. The highest BCUT2D eigenvalue weighted by molar-refractivity contribution is 7.22. The molecule has 1 aliphatic rings. The van der Waals surface area contributed by atoms with Crippen LogP contribution in [0, 0.1) is 0 Å². The van der Waals surface area contributed by atoms with Crippen LogP contribution in [-0.4, -0.2) is 19.1 Å². The molecule has 0 fully saturated rings. The van der Waals surface area contributed by atoms with E-state index >= 15 is 0 Å². The van der Waals surface area contributed by atoms with Gasteiger partial charge in [0, 0.05) is 53.8 Å². The van der Waals surface area contributed by atoms with Crippen LogP contribution in [0.1, 0.15) is 11.1 Å². The number of allylic oxidation sites excluding steroid dienone is 5. The van der Waals surface area contributed by atoms with Gasteiger partial charge in [-0.15, -0.1) is 11.3 Å². The van der Waals surface area contributed by atoms with Crippen molar-refractivity contribution < 1.29 is 0 Å². The second-order valence-electron chi connectivity index (χ2n) is 17.8. The number of hydrogen-bond donors (Lipinski definition) is 0. The zero-order chi connectivity index (χ0) is 44.9. The molecular weight excluding hydrogens is 845 g/mol. The first-order chi connectivity index (χ1) is 33.6. The van der Waals surface area contributed by atoms with Crippen molar-refractivity contribution in [3.8, 4) is 44.6 Å². The van der Waals surface area contributed by atoms with Crippen molar-refractivity contribution in [2.45, 2.75) is 6.42 Å². The van der Waals surface area contributed by atoms with E-state index in [0.29, 0.717) is 5.95 Å². The summed E-state index contributed by atoms with van der Waals surface area (Å²) in [6.07, 6.45) is 9.45. The molecule has 1 aliphatic carbocycles. The van der Waals surface area contributed by atoms with Crippen molar-refractivity contribution in [2.75, 3.05) is 0 Å². The Balaban J connectivity index is 1.03. The standard InChI is InChI=1S/C63H40N4S/c1-39-16-4-2-7-25-51-49-24-13-15-27-55(49)67(63-64-59(45-29-28-40-17-8-9-19-42(40)36-45)52-34-30-41-18-10-11-22-47(41)60(52)65-63)61(51)62-58(39)53-37-43(32-35-57(53)68-62)44-31-33-50-48-23-12-14-26-54(48)66(56(50)38-44)46-20-5-3-6-21-46/h2-24,26-38H,1,25H2/b7-2-,16-4-. The molecule has 0 N–H and O–H groups in total. The predicted molar refractivity (Wildman–Crippen MR) is 288 cm³/mol. The van der Waals surface area contributed by atoms with Gasteiger partial charge in [-0.1, -0.05) is 170 Å². The second-order valence-corrected chi connectivity index (χ2v) is 18.8. The average Bonchev–Trinajstić information content (AvgIpc) is 4.05. The van der Waals surface area contributed by atoms with E-state index in [4.69, 9.17) is 16.5 Å². The van der Waals surface area contributed by atoms with Crippen LogP contribution in [0.3, 0.4) is 0 Å². The fourth-order valence-electron chi connectivity index (χ4n) is 10.8. The molecule has 9 aromatic carbocycles. The van der Waals surface area contributed by atoms with Crippen LogP contribution in [0.4, 0.5) is 0 Å². The summed E-state index contributed by atoms with van der Waals surface area (Å²) < 4.78 is 5.93. The summed E-state index contributed by atoms with van der Waals surface area (Å²) >= 11 is 1.83. The lowest BCUT2D eigenvalue weighted by Crippen LogP contribution is -2.06. The lowest BCUT2D eigenvalue weighted by Gasteiger charge is -2.16. The smallest absolute Gasteiger partial charge is 0.235 e. The zero-order valence-corrected chi connectivity index (χ0v) is 37.7. The van der Waals surface area contributed by atoms with E-state index in [1.807, 2.05) is 11.3 Å². The highest BCUT2D eigenvalue weighted by Crippen LogP contribution is 2.49. The van der Waals surface area contributed by atoms with Crippen molar-refractivity contribution in [3.05, 3.63) is 236 Å². The van der Waals surface area contributed by atoms with Crippen molar-refractivity contribution in [1.29, 1.82) is 0 Å². The number of rotatable bonds is 4. The summed E-state index contributed by atoms with van der Waals surface area (Å²) in [5.41, 5.74) is 14.2. The fourth-order valence-corrected chi connectivity index (χ4v) is 12.0. The van der Waals surface area contributed by atoms with Crippen LogP contribution in [-0.2, 0) is 6.42 Å². The molecule has 0 unspecified atom stereocenters. The molecule has 4 nitrogen and oxygen atoms in total. The maximum absolute atomic E-state index is 5.65. The van der Waals surface area contributed by atoms with E-state index in [0.717, 1.165) is 83.4 Å². The fraction of sp³-hybridized carbons (Fsp3) is 0.0159. The van der Waals surface area contributed by atoms with Crippen LogP contribution < -0.4 is 0 Å². The molecule has 0 atom stereocenters. The molecule has 4 heterocycles. The molecule has 14 rings (SSSR count). The van der Waals surface area contributed by atoms with Gasteiger partial charge in [0.2, 0.25) is 5.95 Å². The summed E-state index contributed by atoms with van der Waals surface area (Å²) in [7, 11) is 0. The summed E-state index contributed by atoms with van der Waals surface area (Å²) in [6, 6.07) is 70.2. The molecule has 0 aliphatic heterocycles. The maximum atomic E-state index is 5.65. The number of para-hydroxylation sites is 3. The number of benzene rings is 9. The topological polar surface area (TPSA) is 35.6 Å². The van der Waals surface area contributed by atoms with Gasteiger partial charge in [0.15, 0.2) is 0 Å². The minimum Gasteiger partial charge on any atom is -0.309 e. The molecule has 0 bridgehead atoms. The SMILES string of the molecule is C=C1/C=C\C=C/Cc2c(n(-c3nc(-c4ccc5ccccc5c4)c4ccc5ccccc5c4n3)c3ccccc23)-c2sc3ccc(-c4ccc5c6ccccc6n(-c6ccccc6)c5c4)cc3c21. The van der Waals surface area contributed by atoms with Crippen molar-refractivity contribution >= 4 is 92.2 Å². The Morgan fingerprint density at radius 3 is 2.00 bits per heavy atom. The summed E-state index contributed by atoms with van der Waals surface area (Å²) in [4.78, 5) is 12.4. The highest BCUT2D eigenvalue weighted by Gasteiger charge is 2.28. The summed E-state index contributed by atoms with van der Waals surface area (Å²) in [5, 5.41) is 10.5. The van der Waals surface area contributed by atoms with Gasteiger partial charge in [0.05, 0.1) is 38.3 Å². The normalized spacial score (nSPS) is 13.8. The summed E-state index contributed by atoms with van der Waals surface area (Å²) in [6.45, 7) is 4.79. The third-order valence-electron chi connectivity index (χ3n) is 13.9. The Kier molecular flexibility index (Phi) is 8.64. The Labute approximate surface area is 396 Å². The van der Waals surface area contributed by atoms with E-state index in [9.17, 15) is 0 Å². The monoisotopic (exact) mass is 884 g/mol. The molecule has 0 saturated heterocycles. The third kappa shape index (κ3) is 5.93. The van der Waals surface area contributed by atoms with Crippen molar-refractivity contribution in [2.24, 2.45) is 0 Å². The van der Waals surface area contributed by atoms with Crippen molar-refractivity contribution in [1.82, 2.24) is 19.1 Å². The largest absolute Gasteiger partial charge is 0.309 e. The molecular formula is C63H40N4S. The van der Waals surface area contributed by atoms with Crippen LogP contribution >= 0.6 is 11.3 Å². The minimum absolute atomic E-state index is 0.642. The summed E-state index contributed by atoms with van der Waals surface area (Å²) in [5.74, 6) is 0.642. The Bertz CT molecular complexity index is 4310. The van der Waals surface area contributed by atoms with Gasteiger partial charge in [-0.25, -0.2) is 9.97 Å². The quantitative estimate of drug-likeness (QED) is 0.165. The van der Waals surface area contributed by atoms with Gasteiger partial charge in [-0.05, 0) is 99.4 Å². The number of aromatic nitrogens is 4. The zero-order valence-electron chi connectivity index (χ0n) is 36.9. The first kappa shape index (κ1) is 38.6. The van der Waals surface area contributed by atoms with Crippen molar-refractivity contribution in [3.63, 3.8) is 0 Å². The highest BCUT2D eigenvalue weighted by atomic mass is 32.1. The van der Waals surface area contributed by atoms with Gasteiger partial charge in [-0.3, -0.25) is 4.57 Å². The molecule has 4 aromatic heterocycles. The molecule has 68 heavy (non-hydrogen) atoms. The van der Waals surface area contributed by atoms with E-state index in [1.54, 1.807) is 0 Å². The van der Waals surface area contributed by atoms with Gasteiger partial charge in [0.25, 0.3) is 0 Å². The van der Waals surface area contributed by atoms with E-state index < -0.39 is 0 Å². The molecule has 0 spiro atoms. The lowest BCUT2D eigenvalue weighted by atomic mass is 9.95. The molecule has 13 aromatic rings. The predicted octanol–water partition coefficient (Wildman–Crippen LogP) is 16.9. The van der Waals surface area contributed by atoms with Gasteiger partial charge in [-0.2, -0.15) is 0 Å². The van der Waals surface area contributed by atoms with Gasteiger partial charge < -0.3 is 4.57 Å². The Morgan fingerprint density at radius 2 is 1.13 bits per heavy atom. The minimum atomic E-state index is 0.642. The third-order valence-corrected chi connectivity index (χ3v) is 15.1. The Hall–Kier alpha value is -8.64. The first-order valence-corrected chi connectivity index (χ1v) is 24.0. The average molecular weight is 885 g/mol. The second kappa shape index (κ2) is 15.2. The molecule has 0 radical (unpaired) electrons. The van der Waals surface area contributed by atoms with Crippen LogP contribution in [0.2, 0.25) is 0 Å². The van der Waals surface area contributed by atoms with Crippen LogP contribution in [0.25, 0.3) is 125 Å². The van der Waals surface area contributed by atoms with E-state index in [2.05, 4.69) is 228 Å². The van der Waals surface area contributed by atoms with Crippen LogP contribution in [0.15, 0.2) is 225 Å². The number of hydrogen-bond acceptors (Lipinski definition) is 3. The van der Waals surface area contributed by atoms with Crippen LogP contribution in [0.5, 0.6) is 0 Å². The van der Waals surface area contributed by atoms with E-state index in [-0.39, 0.29) is 0 Å².